The third-order valence-electron chi connectivity index (χ3n) is 5.47. The highest BCUT2D eigenvalue weighted by atomic mass is 32.2. The molecule has 1 aliphatic rings. The maximum atomic E-state index is 13.0. The first-order valence-electron chi connectivity index (χ1n) is 9.62. The van der Waals surface area contributed by atoms with Crippen LogP contribution in [0, 0.1) is 17.7 Å². The van der Waals surface area contributed by atoms with Crippen molar-refractivity contribution < 1.29 is 17.5 Å². The van der Waals surface area contributed by atoms with Crippen molar-refractivity contribution in [1.29, 1.82) is 0 Å². The van der Waals surface area contributed by atoms with Crippen LogP contribution in [0.4, 0.5) is 10.2 Å². The second kappa shape index (κ2) is 8.90. The highest BCUT2D eigenvalue weighted by molar-refractivity contribution is 7.90. The van der Waals surface area contributed by atoms with Crippen molar-refractivity contribution >= 4 is 15.7 Å². The van der Waals surface area contributed by atoms with Gasteiger partial charge in [0.25, 0.3) is 0 Å². The third kappa shape index (κ3) is 5.44. The molecule has 1 saturated heterocycles. The van der Waals surface area contributed by atoms with Gasteiger partial charge in [-0.3, -0.25) is 0 Å². The molecule has 152 valence electrons. The van der Waals surface area contributed by atoms with Crippen LogP contribution in [0.25, 0.3) is 0 Å². The van der Waals surface area contributed by atoms with Crippen molar-refractivity contribution in [3.8, 4) is 5.75 Å². The summed E-state index contributed by atoms with van der Waals surface area (Å²) in [7, 11) is -3.18. The van der Waals surface area contributed by atoms with E-state index in [2.05, 4.69) is 16.8 Å². The molecule has 0 amide bonds. The zero-order valence-electron chi connectivity index (χ0n) is 16.3. The van der Waals surface area contributed by atoms with Crippen LogP contribution in [-0.4, -0.2) is 39.4 Å². The fourth-order valence-electron chi connectivity index (χ4n) is 3.63. The summed E-state index contributed by atoms with van der Waals surface area (Å²) in [6.07, 6.45) is 5.59. The first kappa shape index (κ1) is 20.6. The van der Waals surface area contributed by atoms with Crippen molar-refractivity contribution in [2.24, 2.45) is 11.8 Å². The van der Waals surface area contributed by atoms with E-state index < -0.39 is 9.84 Å². The Balaban J connectivity index is 1.42. The van der Waals surface area contributed by atoms with Crippen LogP contribution in [0.2, 0.25) is 0 Å². The van der Waals surface area contributed by atoms with Crippen LogP contribution in [0.15, 0.2) is 47.5 Å². The zero-order chi connectivity index (χ0) is 20.1. The van der Waals surface area contributed by atoms with Gasteiger partial charge in [-0.25, -0.2) is 17.8 Å². The Morgan fingerprint density at radius 1 is 1.18 bits per heavy atom. The fourth-order valence-corrected chi connectivity index (χ4v) is 4.26. The lowest BCUT2D eigenvalue weighted by molar-refractivity contribution is 0.223. The maximum Gasteiger partial charge on any atom is 0.175 e. The van der Waals surface area contributed by atoms with Gasteiger partial charge < -0.3 is 9.64 Å². The minimum Gasteiger partial charge on any atom is -0.494 e. The molecule has 1 fully saturated rings. The van der Waals surface area contributed by atoms with Crippen molar-refractivity contribution in [3.05, 3.63) is 48.4 Å². The second-order valence-electron chi connectivity index (χ2n) is 7.52. The predicted octanol–water partition coefficient (Wildman–Crippen LogP) is 3.95. The minimum absolute atomic E-state index is 0.302. The summed E-state index contributed by atoms with van der Waals surface area (Å²) in [6, 6.07) is 9.75. The zero-order valence-corrected chi connectivity index (χ0v) is 17.2. The average Bonchev–Trinajstić information content (AvgIpc) is 2.68. The highest BCUT2D eigenvalue weighted by Crippen LogP contribution is 2.29. The third-order valence-corrected chi connectivity index (χ3v) is 6.60. The van der Waals surface area contributed by atoms with Gasteiger partial charge in [-0.15, -0.1) is 0 Å². The number of ether oxygens (including phenoxy) is 1. The molecular formula is C21H27FN2O3S. The number of halogens is 1. The van der Waals surface area contributed by atoms with E-state index >= 15 is 0 Å². The molecule has 1 atom stereocenters. The normalized spacial score (nSPS) is 16.8. The van der Waals surface area contributed by atoms with E-state index in [1.165, 1.54) is 18.5 Å². The molecule has 0 bridgehead atoms. The Hall–Kier alpha value is -2.15. The van der Waals surface area contributed by atoms with Crippen LogP contribution < -0.4 is 9.64 Å². The van der Waals surface area contributed by atoms with E-state index in [-0.39, 0.29) is 5.82 Å². The number of piperidine rings is 1. The van der Waals surface area contributed by atoms with E-state index in [9.17, 15) is 12.8 Å². The molecule has 0 aliphatic carbocycles. The molecule has 7 heteroatoms. The summed E-state index contributed by atoms with van der Waals surface area (Å²) in [5.41, 5.74) is 0. The predicted molar refractivity (Wildman–Crippen MR) is 108 cm³/mol. The summed E-state index contributed by atoms with van der Waals surface area (Å²) in [5.74, 6) is 2.40. The number of benzene rings is 1. The largest absolute Gasteiger partial charge is 0.494 e. The van der Waals surface area contributed by atoms with Crippen LogP contribution >= 0.6 is 0 Å². The molecule has 1 aromatic carbocycles. The number of nitrogens with zero attached hydrogens (tertiary/aromatic N) is 2. The van der Waals surface area contributed by atoms with E-state index in [1.807, 2.05) is 0 Å². The summed E-state index contributed by atoms with van der Waals surface area (Å²) in [4.78, 5) is 6.68. The summed E-state index contributed by atoms with van der Waals surface area (Å²) < 4.78 is 41.8. The molecule has 5 nitrogen and oxygen atoms in total. The molecule has 1 aliphatic heterocycles. The van der Waals surface area contributed by atoms with Crippen LogP contribution in [0.5, 0.6) is 5.75 Å². The van der Waals surface area contributed by atoms with Gasteiger partial charge in [-0.2, -0.15) is 0 Å². The molecule has 0 unspecified atom stereocenters. The molecule has 0 N–H and O–H groups in total. The Bertz CT molecular complexity index is 862. The van der Waals surface area contributed by atoms with Crippen molar-refractivity contribution in [2.45, 2.75) is 31.1 Å². The van der Waals surface area contributed by atoms with Crippen molar-refractivity contribution in [2.75, 3.05) is 30.9 Å². The molecule has 0 saturated carbocycles. The second-order valence-corrected chi connectivity index (χ2v) is 9.53. The number of anilines is 1. The van der Waals surface area contributed by atoms with Crippen molar-refractivity contribution in [1.82, 2.24) is 4.98 Å². The first-order valence-corrected chi connectivity index (χ1v) is 11.5. The van der Waals surface area contributed by atoms with Gasteiger partial charge in [0, 0.05) is 19.3 Å². The lowest BCUT2D eigenvalue weighted by Gasteiger charge is -2.35. The molecule has 3 rings (SSSR count). The lowest BCUT2D eigenvalue weighted by Crippen LogP contribution is -2.36. The molecule has 0 spiro atoms. The molecule has 2 heterocycles. The van der Waals surface area contributed by atoms with E-state index in [4.69, 9.17) is 4.74 Å². The smallest absolute Gasteiger partial charge is 0.175 e. The van der Waals surface area contributed by atoms with Gasteiger partial charge in [-0.1, -0.05) is 6.92 Å². The SMILES string of the molecule is C[C@H](CCOc1ccc(S(C)(=O)=O)cc1)C1CCN(c2ccc(F)cn2)CC1. The molecule has 1 aromatic heterocycles. The molecule has 28 heavy (non-hydrogen) atoms. The van der Waals surface area contributed by atoms with Gasteiger partial charge in [0.05, 0.1) is 17.7 Å². The lowest BCUT2D eigenvalue weighted by atomic mass is 9.84. The van der Waals surface area contributed by atoms with Crippen molar-refractivity contribution in [3.63, 3.8) is 0 Å². The number of sulfone groups is 1. The van der Waals surface area contributed by atoms with Gasteiger partial charge in [0.1, 0.15) is 17.4 Å². The number of aromatic nitrogens is 1. The number of rotatable bonds is 7. The Labute approximate surface area is 166 Å². The van der Waals surface area contributed by atoms with E-state index in [1.54, 1.807) is 30.3 Å². The quantitative estimate of drug-likeness (QED) is 0.697. The topological polar surface area (TPSA) is 59.5 Å². The van der Waals surface area contributed by atoms with Gasteiger partial charge >= 0.3 is 0 Å². The van der Waals surface area contributed by atoms with E-state index in [0.717, 1.165) is 38.2 Å². The Kier molecular flexibility index (Phi) is 6.54. The average molecular weight is 407 g/mol. The molecule has 0 radical (unpaired) electrons. The molecule has 2 aromatic rings. The highest BCUT2D eigenvalue weighted by Gasteiger charge is 2.24. The minimum atomic E-state index is -3.18. The maximum absolute atomic E-state index is 13.0. The Morgan fingerprint density at radius 2 is 1.86 bits per heavy atom. The monoisotopic (exact) mass is 406 g/mol. The number of hydrogen-bond acceptors (Lipinski definition) is 5. The fraction of sp³-hybridized carbons (Fsp3) is 0.476. The summed E-state index contributed by atoms with van der Waals surface area (Å²) in [6.45, 7) is 4.73. The summed E-state index contributed by atoms with van der Waals surface area (Å²) >= 11 is 0. The first-order chi connectivity index (χ1) is 13.3. The number of pyridine rings is 1. The van der Waals surface area contributed by atoms with E-state index in [0.29, 0.717) is 29.1 Å². The molecular weight excluding hydrogens is 379 g/mol. The standard InChI is InChI=1S/C21H27FN2O3S/c1-16(11-14-27-19-4-6-20(7-5-19)28(2,25)26)17-9-12-24(13-10-17)21-8-3-18(22)15-23-21/h3-8,15-17H,9-14H2,1-2H3/t16-/m1/s1. The van der Waals surface area contributed by atoms with Gasteiger partial charge in [-0.05, 0) is 67.5 Å². The summed E-state index contributed by atoms with van der Waals surface area (Å²) in [5, 5.41) is 0. The Morgan fingerprint density at radius 3 is 2.43 bits per heavy atom. The van der Waals surface area contributed by atoms with Crippen LogP contribution in [0.3, 0.4) is 0 Å². The van der Waals surface area contributed by atoms with Crippen LogP contribution in [0.1, 0.15) is 26.2 Å². The van der Waals surface area contributed by atoms with Crippen LogP contribution in [-0.2, 0) is 9.84 Å². The van der Waals surface area contributed by atoms with Gasteiger partial charge in [0.2, 0.25) is 0 Å². The number of hydrogen-bond donors (Lipinski definition) is 0. The van der Waals surface area contributed by atoms with Gasteiger partial charge in [0.15, 0.2) is 9.84 Å².